The molecule has 0 aromatic heterocycles. The first kappa shape index (κ1) is 14.3. The van der Waals surface area contributed by atoms with Crippen LogP contribution in [0.3, 0.4) is 0 Å². The molecule has 0 amide bonds. The van der Waals surface area contributed by atoms with Crippen LogP contribution in [0, 0.1) is 5.82 Å². The Kier molecular flexibility index (Phi) is 4.20. The van der Waals surface area contributed by atoms with Gasteiger partial charge < -0.3 is 21.5 Å². The Hall–Kier alpha value is -2.14. The molecule has 0 bridgehead atoms. The van der Waals surface area contributed by atoms with Gasteiger partial charge in [0.25, 0.3) is 0 Å². The maximum absolute atomic E-state index is 14.1. The molecule has 0 aliphatic heterocycles. The molecule has 0 aliphatic carbocycles. The van der Waals surface area contributed by atoms with Gasteiger partial charge in [-0.1, -0.05) is 23.7 Å². The Morgan fingerprint density at radius 1 is 1.25 bits per heavy atom. The van der Waals surface area contributed by atoms with Crippen molar-refractivity contribution in [3.05, 3.63) is 41.2 Å². The van der Waals surface area contributed by atoms with E-state index >= 15 is 0 Å². The zero-order chi connectivity index (χ0) is 14.7. The molecule has 2 aromatic rings. The van der Waals surface area contributed by atoms with E-state index < -0.39 is 5.82 Å². The number of halogens is 2. The summed E-state index contributed by atoms with van der Waals surface area (Å²) < 4.78 is 19.6. The van der Waals surface area contributed by atoms with Crippen molar-refractivity contribution in [3.8, 4) is 5.75 Å². The number of hydrogen-bond acceptors (Lipinski definition) is 4. The maximum atomic E-state index is 14.1. The molecule has 106 valence electrons. The molecule has 0 unspecified atom stereocenters. The first-order chi connectivity index (χ1) is 9.54. The lowest BCUT2D eigenvalue weighted by atomic mass is 10.2. The summed E-state index contributed by atoms with van der Waals surface area (Å²) in [6.45, 7) is 2.37. The monoisotopic (exact) mass is 295 g/mol. The molecule has 0 fully saturated rings. The fraction of sp³-hybridized carbons (Fsp3) is 0.143. The summed E-state index contributed by atoms with van der Waals surface area (Å²) in [6.07, 6.45) is 0. The number of anilines is 4. The van der Waals surface area contributed by atoms with Crippen LogP contribution in [0.15, 0.2) is 30.3 Å². The SMILES string of the molecule is CCOc1ccccc1Nc1c(N)cc(N)c(Cl)c1F. The van der Waals surface area contributed by atoms with E-state index in [0.29, 0.717) is 18.0 Å². The first-order valence-corrected chi connectivity index (χ1v) is 6.44. The van der Waals surface area contributed by atoms with Gasteiger partial charge in [0.15, 0.2) is 5.82 Å². The lowest BCUT2D eigenvalue weighted by molar-refractivity contribution is 0.342. The largest absolute Gasteiger partial charge is 0.492 e. The van der Waals surface area contributed by atoms with E-state index in [4.69, 9.17) is 27.8 Å². The highest BCUT2D eigenvalue weighted by Gasteiger charge is 2.15. The summed E-state index contributed by atoms with van der Waals surface area (Å²) in [4.78, 5) is 0. The standard InChI is InChI=1S/C14H15ClFN3O/c1-2-20-11-6-4-3-5-10(11)19-14-9(18)7-8(17)12(15)13(14)16/h3-7,19H,2,17-18H2,1H3. The van der Waals surface area contributed by atoms with E-state index in [0.717, 1.165) is 0 Å². The van der Waals surface area contributed by atoms with E-state index in [9.17, 15) is 4.39 Å². The minimum atomic E-state index is -0.685. The molecule has 0 aliphatic rings. The predicted molar refractivity (Wildman–Crippen MR) is 81.1 cm³/mol. The number of rotatable bonds is 4. The minimum absolute atomic E-state index is 0.0800. The molecule has 0 heterocycles. The molecule has 0 radical (unpaired) electrons. The smallest absolute Gasteiger partial charge is 0.169 e. The fourth-order valence-electron chi connectivity index (χ4n) is 1.78. The summed E-state index contributed by atoms with van der Waals surface area (Å²) in [5.41, 5.74) is 12.3. The quantitative estimate of drug-likeness (QED) is 0.750. The molecule has 0 saturated heterocycles. The zero-order valence-corrected chi connectivity index (χ0v) is 11.7. The number of nitrogens with two attached hydrogens (primary N) is 2. The van der Waals surface area contributed by atoms with Gasteiger partial charge >= 0.3 is 0 Å². The van der Waals surface area contributed by atoms with Gasteiger partial charge in [0.2, 0.25) is 0 Å². The topological polar surface area (TPSA) is 73.3 Å². The number of nitrogens with one attached hydrogen (secondary N) is 1. The van der Waals surface area contributed by atoms with Crippen LogP contribution >= 0.6 is 11.6 Å². The number of para-hydroxylation sites is 2. The van der Waals surface area contributed by atoms with Gasteiger partial charge in [-0.2, -0.15) is 0 Å². The highest BCUT2D eigenvalue weighted by Crippen LogP contribution is 2.37. The predicted octanol–water partition coefficient (Wildman–Crippen LogP) is 3.79. The lowest BCUT2D eigenvalue weighted by Gasteiger charge is -2.15. The highest BCUT2D eigenvalue weighted by molar-refractivity contribution is 6.33. The van der Waals surface area contributed by atoms with Crippen molar-refractivity contribution in [1.82, 2.24) is 0 Å². The van der Waals surface area contributed by atoms with Crippen LogP contribution in [-0.4, -0.2) is 6.61 Å². The van der Waals surface area contributed by atoms with Gasteiger partial charge in [-0.25, -0.2) is 4.39 Å². The van der Waals surface area contributed by atoms with Gasteiger partial charge in [0, 0.05) is 0 Å². The number of hydrogen-bond donors (Lipinski definition) is 3. The molecule has 2 rings (SSSR count). The number of benzene rings is 2. The van der Waals surface area contributed by atoms with Crippen LogP contribution in [-0.2, 0) is 0 Å². The van der Waals surface area contributed by atoms with Crippen molar-refractivity contribution < 1.29 is 9.13 Å². The molecule has 2 aromatic carbocycles. The van der Waals surface area contributed by atoms with Crippen molar-refractivity contribution in [2.75, 3.05) is 23.4 Å². The van der Waals surface area contributed by atoms with Crippen molar-refractivity contribution in [3.63, 3.8) is 0 Å². The molecule has 0 saturated carbocycles. The Balaban J connectivity index is 2.43. The maximum Gasteiger partial charge on any atom is 0.169 e. The Bertz CT molecular complexity index is 634. The normalized spacial score (nSPS) is 10.3. The van der Waals surface area contributed by atoms with Gasteiger partial charge in [0.1, 0.15) is 10.8 Å². The van der Waals surface area contributed by atoms with Crippen LogP contribution < -0.4 is 21.5 Å². The average molecular weight is 296 g/mol. The highest BCUT2D eigenvalue weighted by atomic mass is 35.5. The molecule has 0 spiro atoms. The van der Waals surface area contributed by atoms with Crippen molar-refractivity contribution in [2.45, 2.75) is 6.92 Å². The molecule has 0 atom stereocenters. The summed E-state index contributed by atoms with van der Waals surface area (Å²) in [7, 11) is 0. The van der Waals surface area contributed by atoms with Crippen LogP contribution in [0.1, 0.15) is 6.92 Å². The Morgan fingerprint density at radius 2 is 1.95 bits per heavy atom. The van der Waals surface area contributed by atoms with Crippen molar-refractivity contribution >= 4 is 34.4 Å². The van der Waals surface area contributed by atoms with Crippen LogP contribution in [0.4, 0.5) is 27.1 Å². The second kappa shape index (κ2) is 5.88. The summed E-state index contributed by atoms with van der Waals surface area (Å²) >= 11 is 5.80. The first-order valence-electron chi connectivity index (χ1n) is 6.06. The Morgan fingerprint density at radius 3 is 2.65 bits per heavy atom. The van der Waals surface area contributed by atoms with E-state index in [2.05, 4.69) is 5.32 Å². The lowest BCUT2D eigenvalue weighted by Crippen LogP contribution is -2.04. The fourth-order valence-corrected chi connectivity index (χ4v) is 1.93. The molecule has 6 heteroatoms. The second-order valence-corrected chi connectivity index (χ2v) is 4.49. The molecule has 20 heavy (non-hydrogen) atoms. The summed E-state index contributed by atoms with van der Waals surface area (Å²) in [6, 6.07) is 8.58. The van der Waals surface area contributed by atoms with Crippen LogP contribution in [0.25, 0.3) is 0 Å². The molecular formula is C14H15ClFN3O. The van der Waals surface area contributed by atoms with E-state index in [1.807, 2.05) is 13.0 Å². The molecular weight excluding hydrogens is 281 g/mol. The van der Waals surface area contributed by atoms with Gasteiger partial charge in [0.05, 0.1) is 29.4 Å². The Labute approximate surface area is 121 Å². The van der Waals surface area contributed by atoms with Crippen LogP contribution in [0.5, 0.6) is 5.75 Å². The van der Waals surface area contributed by atoms with Gasteiger partial charge in [-0.15, -0.1) is 0 Å². The molecule has 4 nitrogen and oxygen atoms in total. The second-order valence-electron chi connectivity index (χ2n) is 4.11. The van der Waals surface area contributed by atoms with E-state index in [1.165, 1.54) is 6.07 Å². The number of nitrogen functional groups attached to an aromatic ring is 2. The third-order valence-corrected chi connectivity index (χ3v) is 3.10. The summed E-state index contributed by atoms with van der Waals surface area (Å²) in [5, 5.41) is 2.74. The average Bonchev–Trinajstić information content (AvgIpc) is 2.43. The van der Waals surface area contributed by atoms with Gasteiger partial charge in [-0.05, 0) is 25.1 Å². The van der Waals surface area contributed by atoms with E-state index in [1.54, 1.807) is 18.2 Å². The molecule has 5 N–H and O–H groups in total. The summed E-state index contributed by atoms with van der Waals surface area (Å²) in [5.74, 6) is -0.0859. The van der Waals surface area contributed by atoms with Crippen LogP contribution in [0.2, 0.25) is 5.02 Å². The third-order valence-electron chi connectivity index (χ3n) is 2.71. The van der Waals surface area contributed by atoms with E-state index in [-0.39, 0.29) is 22.1 Å². The third kappa shape index (κ3) is 2.72. The van der Waals surface area contributed by atoms with Crippen molar-refractivity contribution in [1.29, 1.82) is 0 Å². The zero-order valence-electron chi connectivity index (χ0n) is 10.9. The van der Waals surface area contributed by atoms with Crippen molar-refractivity contribution in [2.24, 2.45) is 0 Å². The van der Waals surface area contributed by atoms with Gasteiger partial charge in [-0.3, -0.25) is 0 Å². The number of ether oxygens (including phenoxy) is 1. The minimum Gasteiger partial charge on any atom is -0.492 e.